The molecule has 0 aromatic heterocycles. The summed E-state index contributed by atoms with van der Waals surface area (Å²) in [5.74, 6) is -0.448. The van der Waals surface area contributed by atoms with Crippen molar-refractivity contribution in [3.8, 4) is 0 Å². The van der Waals surface area contributed by atoms with Crippen molar-refractivity contribution in [1.82, 2.24) is 5.32 Å². The van der Waals surface area contributed by atoms with Gasteiger partial charge in [0.15, 0.2) is 0 Å². The number of aliphatic hydroxyl groups is 1. The first kappa shape index (κ1) is 13.4. The van der Waals surface area contributed by atoms with Gasteiger partial charge in [0, 0.05) is 6.61 Å². The number of hydrogen-bond acceptors (Lipinski definition) is 3. The SMILES string of the molecule is CCCC(CCO)CNC(C)C(=O)O. The predicted octanol–water partition coefficient (Wildman–Crippen LogP) is 0.848. The second-order valence-electron chi connectivity index (χ2n) is 3.64. The summed E-state index contributed by atoms with van der Waals surface area (Å²) in [6.07, 6.45) is 2.83. The Bertz CT molecular complexity index is 155. The third kappa shape index (κ3) is 5.94. The van der Waals surface area contributed by atoms with Gasteiger partial charge < -0.3 is 15.5 Å². The molecule has 0 aliphatic carbocycles. The smallest absolute Gasteiger partial charge is 0.320 e. The first-order chi connectivity index (χ1) is 6.61. The fourth-order valence-corrected chi connectivity index (χ4v) is 1.37. The van der Waals surface area contributed by atoms with Crippen molar-refractivity contribution in [2.45, 2.75) is 39.2 Å². The van der Waals surface area contributed by atoms with Crippen LogP contribution in [0.15, 0.2) is 0 Å². The normalized spacial score (nSPS) is 15.1. The molecular formula is C10H21NO3. The molecule has 3 N–H and O–H groups in total. The van der Waals surface area contributed by atoms with Crippen LogP contribution in [0.3, 0.4) is 0 Å². The van der Waals surface area contributed by atoms with Crippen LogP contribution < -0.4 is 5.32 Å². The largest absolute Gasteiger partial charge is 0.480 e. The molecule has 4 heteroatoms. The molecule has 84 valence electrons. The first-order valence-corrected chi connectivity index (χ1v) is 5.18. The molecule has 0 amide bonds. The van der Waals surface area contributed by atoms with Gasteiger partial charge in [0.05, 0.1) is 0 Å². The summed E-state index contributed by atoms with van der Waals surface area (Å²) in [5.41, 5.74) is 0. The monoisotopic (exact) mass is 203 g/mol. The number of aliphatic carboxylic acids is 1. The van der Waals surface area contributed by atoms with Gasteiger partial charge in [-0.25, -0.2) is 0 Å². The van der Waals surface area contributed by atoms with Crippen LogP contribution in [0.5, 0.6) is 0 Å². The van der Waals surface area contributed by atoms with Crippen molar-refractivity contribution in [2.24, 2.45) is 5.92 Å². The highest BCUT2D eigenvalue weighted by Crippen LogP contribution is 2.09. The minimum absolute atomic E-state index is 0.174. The second-order valence-corrected chi connectivity index (χ2v) is 3.64. The second kappa shape index (κ2) is 7.76. The van der Waals surface area contributed by atoms with Gasteiger partial charge >= 0.3 is 5.97 Å². The summed E-state index contributed by atoms with van der Waals surface area (Å²) in [4.78, 5) is 10.5. The number of carboxylic acids is 1. The number of rotatable bonds is 8. The molecule has 0 rings (SSSR count). The van der Waals surface area contributed by atoms with Crippen LogP contribution in [0.1, 0.15) is 33.1 Å². The van der Waals surface area contributed by atoms with Crippen molar-refractivity contribution < 1.29 is 15.0 Å². The number of aliphatic hydroxyl groups excluding tert-OH is 1. The summed E-state index contributed by atoms with van der Waals surface area (Å²) in [6.45, 7) is 4.56. The maximum atomic E-state index is 10.5. The van der Waals surface area contributed by atoms with Crippen LogP contribution >= 0.6 is 0 Å². The molecule has 0 bridgehead atoms. The average molecular weight is 203 g/mol. The summed E-state index contributed by atoms with van der Waals surface area (Å²) < 4.78 is 0. The van der Waals surface area contributed by atoms with E-state index in [-0.39, 0.29) is 6.61 Å². The summed E-state index contributed by atoms with van der Waals surface area (Å²) in [5, 5.41) is 20.4. The molecule has 0 spiro atoms. The third-order valence-corrected chi connectivity index (χ3v) is 2.32. The molecule has 0 radical (unpaired) electrons. The lowest BCUT2D eigenvalue weighted by Gasteiger charge is -2.17. The van der Waals surface area contributed by atoms with E-state index in [4.69, 9.17) is 10.2 Å². The molecule has 14 heavy (non-hydrogen) atoms. The Hall–Kier alpha value is -0.610. The van der Waals surface area contributed by atoms with Crippen LogP contribution in [0.25, 0.3) is 0 Å². The van der Waals surface area contributed by atoms with E-state index >= 15 is 0 Å². The molecule has 2 unspecified atom stereocenters. The lowest BCUT2D eigenvalue weighted by atomic mass is 10.00. The molecule has 0 aromatic carbocycles. The summed E-state index contributed by atoms with van der Waals surface area (Å²) in [6, 6.07) is -0.506. The van der Waals surface area contributed by atoms with Crippen LogP contribution in [0, 0.1) is 5.92 Å². The zero-order chi connectivity index (χ0) is 11.0. The quantitative estimate of drug-likeness (QED) is 0.547. The minimum Gasteiger partial charge on any atom is -0.480 e. The van der Waals surface area contributed by atoms with Gasteiger partial charge in [0.1, 0.15) is 6.04 Å². The van der Waals surface area contributed by atoms with Crippen LogP contribution in [-0.4, -0.2) is 35.4 Å². The first-order valence-electron chi connectivity index (χ1n) is 5.18. The molecule has 0 heterocycles. The number of carbonyl (C=O) groups is 1. The Morgan fingerprint density at radius 2 is 2.07 bits per heavy atom. The van der Waals surface area contributed by atoms with E-state index in [1.54, 1.807) is 6.92 Å². The Morgan fingerprint density at radius 1 is 1.43 bits per heavy atom. The highest BCUT2D eigenvalue weighted by molar-refractivity contribution is 5.72. The Balaban J connectivity index is 3.74. The van der Waals surface area contributed by atoms with Crippen LogP contribution in [-0.2, 0) is 4.79 Å². The molecular weight excluding hydrogens is 182 g/mol. The highest BCUT2D eigenvalue weighted by Gasteiger charge is 2.13. The van der Waals surface area contributed by atoms with Gasteiger partial charge in [-0.2, -0.15) is 0 Å². The number of carboxylic acid groups (broad SMARTS) is 1. The summed E-state index contributed by atoms with van der Waals surface area (Å²) in [7, 11) is 0. The number of nitrogens with one attached hydrogen (secondary N) is 1. The third-order valence-electron chi connectivity index (χ3n) is 2.32. The van der Waals surface area contributed by atoms with Gasteiger partial charge in [0.25, 0.3) is 0 Å². The molecule has 0 aliphatic heterocycles. The summed E-state index contributed by atoms with van der Waals surface area (Å²) >= 11 is 0. The lowest BCUT2D eigenvalue weighted by molar-refractivity contribution is -0.139. The van der Waals surface area contributed by atoms with E-state index < -0.39 is 12.0 Å². The van der Waals surface area contributed by atoms with Crippen LogP contribution in [0.4, 0.5) is 0 Å². The highest BCUT2D eigenvalue weighted by atomic mass is 16.4. The zero-order valence-corrected chi connectivity index (χ0v) is 8.99. The molecule has 0 aliphatic rings. The van der Waals surface area contributed by atoms with Gasteiger partial charge in [0.2, 0.25) is 0 Å². The van der Waals surface area contributed by atoms with Crippen molar-refractivity contribution >= 4 is 5.97 Å². The standard InChI is InChI=1S/C10H21NO3/c1-3-4-9(5-6-12)7-11-8(2)10(13)14/h8-9,11-12H,3-7H2,1-2H3,(H,13,14). The van der Waals surface area contributed by atoms with E-state index in [0.29, 0.717) is 12.5 Å². The molecule has 2 atom stereocenters. The van der Waals surface area contributed by atoms with Crippen LogP contribution in [0.2, 0.25) is 0 Å². The van der Waals surface area contributed by atoms with Crippen molar-refractivity contribution in [2.75, 3.05) is 13.2 Å². The van der Waals surface area contributed by atoms with Crippen molar-refractivity contribution in [3.05, 3.63) is 0 Å². The predicted molar refractivity (Wildman–Crippen MR) is 55.2 cm³/mol. The fraction of sp³-hybridized carbons (Fsp3) is 0.900. The van der Waals surface area contributed by atoms with Gasteiger partial charge in [-0.3, -0.25) is 4.79 Å². The maximum Gasteiger partial charge on any atom is 0.320 e. The molecule has 4 nitrogen and oxygen atoms in total. The fourth-order valence-electron chi connectivity index (χ4n) is 1.37. The van der Waals surface area contributed by atoms with E-state index in [0.717, 1.165) is 19.3 Å². The molecule has 0 saturated heterocycles. The van der Waals surface area contributed by atoms with Crippen molar-refractivity contribution in [3.63, 3.8) is 0 Å². The topological polar surface area (TPSA) is 69.6 Å². The Morgan fingerprint density at radius 3 is 2.50 bits per heavy atom. The molecule has 0 fully saturated rings. The number of hydrogen-bond donors (Lipinski definition) is 3. The zero-order valence-electron chi connectivity index (χ0n) is 8.99. The van der Waals surface area contributed by atoms with E-state index in [1.807, 2.05) is 0 Å². The van der Waals surface area contributed by atoms with Crippen molar-refractivity contribution in [1.29, 1.82) is 0 Å². The molecule has 0 aromatic rings. The maximum absolute atomic E-state index is 10.5. The van der Waals surface area contributed by atoms with E-state index in [1.165, 1.54) is 0 Å². The van der Waals surface area contributed by atoms with E-state index in [2.05, 4.69) is 12.2 Å². The minimum atomic E-state index is -0.829. The Labute approximate surface area is 85.3 Å². The van der Waals surface area contributed by atoms with E-state index in [9.17, 15) is 4.79 Å². The van der Waals surface area contributed by atoms with Gasteiger partial charge in [-0.1, -0.05) is 13.3 Å². The average Bonchev–Trinajstić information content (AvgIpc) is 2.14. The Kier molecular flexibility index (Phi) is 7.42. The molecule has 0 saturated carbocycles. The van der Waals surface area contributed by atoms with Gasteiger partial charge in [-0.05, 0) is 32.2 Å². The lowest BCUT2D eigenvalue weighted by Crippen LogP contribution is -2.37. The van der Waals surface area contributed by atoms with Gasteiger partial charge in [-0.15, -0.1) is 0 Å².